The number of para-hydroxylation sites is 1. The van der Waals surface area contributed by atoms with Crippen LogP contribution in [-0.2, 0) is 13.0 Å². The highest BCUT2D eigenvalue weighted by molar-refractivity contribution is 6.35. The van der Waals surface area contributed by atoms with Crippen molar-refractivity contribution in [3.8, 4) is 0 Å². The molecule has 0 amide bonds. The minimum absolute atomic E-state index is 0.123. The Labute approximate surface area is 183 Å². The Morgan fingerprint density at radius 2 is 2.03 bits per heavy atom. The molecule has 4 aromatic rings. The third kappa shape index (κ3) is 3.62. The molecule has 0 aliphatic carbocycles. The smallest absolute Gasteiger partial charge is 0.224 e. The zero-order valence-electron chi connectivity index (χ0n) is 15.9. The third-order valence-corrected chi connectivity index (χ3v) is 5.87. The van der Waals surface area contributed by atoms with Crippen molar-refractivity contribution in [3.05, 3.63) is 69.8 Å². The Kier molecular flexibility index (Phi) is 4.84. The summed E-state index contributed by atoms with van der Waals surface area (Å²) in [6.45, 7) is 1.46. The Bertz CT molecular complexity index is 1220. The number of fused-ring (bicyclic) bond motifs is 2. The van der Waals surface area contributed by atoms with Crippen LogP contribution in [0, 0.1) is 0 Å². The molecule has 3 heterocycles. The summed E-state index contributed by atoms with van der Waals surface area (Å²) in [5.41, 5.74) is 9.99. The van der Waals surface area contributed by atoms with E-state index < -0.39 is 0 Å². The molecule has 9 heteroatoms. The van der Waals surface area contributed by atoms with Crippen molar-refractivity contribution in [2.75, 3.05) is 22.5 Å². The van der Waals surface area contributed by atoms with Gasteiger partial charge >= 0.3 is 0 Å². The first-order chi connectivity index (χ1) is 14.6. The summed E-state index contributed by atoms with van der Waals surface area (Å²) in [6, 6.07) is 14.2. The lowest BCUT2D eigenvalue weighted by Gasteiger charge is -2.37. The van der Waals surface area contributed by atoms with E-state index in [-0.39, 0.29) is 12.0 Å². The van der Waals surface area contributed by atoms with Crippen molar-refractivity contribution in [2.24, 2.45) is 0 Å². The fourth-order valence-electron chi connectivity index (χ4n) is 3.94. The number of aromatic amines is 1. The van der Waals surface area contributed by atoms with Crippen LogP contribution in [0.3, 0.4) is 0 Å². The summed E-state index contributed by atoms with van der Waals surface area (Å²) in [4.78, 5) is 10.9. The first kappa shape index (κ1) is 19.0. The molecule has 0 bridgehead atoms. The zero-order valence-corrected chi connectivity index (χ0v) is 17.5. The zero-order chi connectivity index (χ0) is 20.7. The van der Waals surface area contributed by atoms with E-state index >= 15 is 0 Å². The molecule has 5 rings (SSSR count). The van der Waals surface area contributed by atoms with E-state index in [0.29, 0.717) is 28.1 Å². The minimum atomic E-state index is 0.123. The van der Waals surface area contributed by atoms with E-state index in [2.05, 4.69) is 54.6 Å². The number of rotatable bonds is 4. The number of hydrogen-bond acceptors (Lipinski definition) is 6. The lowest BCUT2D eigenvalue weighted by Crippen LogP contribution is -2.42. The number of nitrogens with zero attached hydrogens (tertiary/aromatic N) is 4. The van der Waals surface area contributed by atoms with Crippen LogP contribution in [-0.4, -0.2) is 32.8 Å². The SMILES string of the molecule is Nc1nc(NC2Cc3ccccc3N(Cc3ccc(Cl)cc3Cl)C2)c2cn[nH]c2n1. The molecule has 1 atom stereocenters. The molecule has 0 fully saturated rings. The van der Waals surface area contributed by atoms with Crippen molar-refractivity contribution in [2.45, 2.75) is 19.0 Å². The fraction of sp³-hybridized carbons (Fsp3) is 0.190. The molecular formula is C21H19Cl2N7. The van der Waals surface area contributed by atoms with Crippen molar-refractivity contribution in [1.29, 1.82) is 0 Å². The standard InChI is InChI=1S/C21H19Cl2N7/c22-14-6-5-13(17(23)8-14)10-30-11-15(7-12-3-1-2-4-18(12)30)26-19-16-9-25-29-20(16)28-21(24)27-19/h1-6,8-9,15H,7,10-11H2,(H4,24,25,26,27,28,29). The predicted molar refractivity (Wildman–Crippen MR) is 121 cm³/mol. The molecule has 4 N–H and O–H groups in total. The van der Waals surface area contributed by atoms with Gasteiger partial charge in [0, 0.05) is 34.9 Å². The summed E-state index contributed by atoms with van der Waals surface area (Å²) in [5, 5.41) is 12.6. The maximum absolute atomic E-state index is 6.44. The van der Waals surface area contributed by atoms with Gasteiger partial charge < -0.3 is 16.0 Å². The molecule has 0 saturated heterocycles. The largest absolute Gasteiger partial charge is 0.368 e. The Balaban J connectivity index is 1.46. The lowest BCUT2D eigenvalue weighted by molar-refractivity contribution is 0.628. The predicted octanol–water partition coefficient (Wildman–Crippen LogP) is 4.29. The maximum atomic E-state index is 6.44. The minimum Gasteiger partial charge on any atom is -0.368 e. The number of anilines is 3. The van der Waals surface area contributed by atoms with Gasteiger partial charge in [-0.2, -0.15) is 15.1 Å². The highest BCUT2D eigenvalue weighted by atomic mass is 35.5. The van der Waals surface area contributed by atoms with Gasteiger partial charge in [0.1, 0.15) is 5.82 Å². The topological polar surface area (TPSA) is 95.7 Å². The number of hydrogen-bond donors (Lipinski definition) is 3. The van der Waals surface area contributed by atoms with Crippen LogP contribution in [0.5, 0.6) is 0 Å². The number of nitrogens with two attached hydrogens (primary N) is 1. The van der Waals surface area contributed by atoms with E-state index in [1.807, 2.05) is 12.1 Å². The van der Waals surface area contributed by atoms with E-state index in [0.717, 1.165) is 23.9 Å². The molecule has 0 radical (unpaired) electrons. The van der Waals surface area contributed by atoms with E-state index in [4.69, 9.17) is 28.9 Å². The number of halogens is 2. The average Bonchev–Trinajstić information content (AvgIpc) is 3.19. The van der Waals surface area contributed by atoms with Crippen LogP contribution in [0.25, 0.3) is 11.0 Å². The summed E-state index contributed by atoms with van der Waals surface area (Å²) >= 11 is 12.5. The normalized spacial score (nSPS) is 15.9. The molecule has 152 valence electrons. The number of benzene rings is 2. The summed E-state index contributed by atoms with van der Waals surface area (Å²) < 4.78 is 0. The summed E-state index contributed by atoms with van der Waals surface area (Å²) in [5.74, 6) is 0.885. The van der Waals surface area contributed by atoms with Gasteiger partial charge in [-0.25, -0.2) is 0 Å². The first-order valence-corrected chi connectivity index (χ1v) is 10.3. The second-order valence-electron chi connectivity index (χ2n) is 7.35. The van der Waals surface area contributed by atoms with Crippen LogP contribution in [0.1, 0.15) is 11.1 Å². The summed E-state index contributed by atoms with van der Waals surface area (Å²) in [6.07, 6.45) is 2.57. The molecule has 0 spiro atoms. The maximum Gasteiger partial charge on any atom is 0.224 e. The quantitative estimate of drug-likeness (QED) is 0.438. The highest BCUT2D eigenvalue weighted by Crippen LogP contribution is 2.32. The summed E-state index contributed by atoms with van der Waals surface area (Å²) in [7, 11) is 0. The number of nitrogen functional groups attached to an aromatic ring is 1. The number of H-pyrrole nitrogens is 1. The highest BCUT2D eigenvalue weighted by Gasteiger charge is 2.26. The van der Waals surface area contributed by atoms with Gasteiger partial charge in [0.05, 0.1) is 11.6 Å². The van der Waals surface area contributed by atoms with Crippen molar-refractivity contribution >= 4 is 51.7 Å². The Morgan fingerprint density at radius 3 is 2.90 bits per heavy atom. The molecular weight excluding hydrogens is 421 g/mol. The van der Waals surface area contributed by atoms with Crippen molar-refractivity contribution in [3.63, 3.8) is 0 Å². The Morgan fingerprint density at radius 1 is 1.17 bits per heavy atom. The van der Waals surface area contributed by atoms with Crippen LogP contribution >= 0.6 is 23.2 Å². The molecule has 7 nitrogen and oxygen atoms in total. The van der Waals surface area contributed by atoms with Crippen LogP contribution in [0.15, 0.2) is 48.7 Å². The molecule has 1 aliphatic rings. The molecule has 2 aromatic carbocycles. The lowest BCUT2D eigenvalue weighted by atomic mass is 9.97. The van der Waals surface area contributed by atoms with Gasteiger partial charge in [0.25, 0.3) is 0 Å². The molecule has 0 saturated carbocycles. The van der Waals surface area contributed by atoms with Crippen LogP contribution in [0.4, 0.5) is 17.5 Å². The molecule has 2 aromatic heterocycles. The van der Waals surface area contributed by atoms with E-state index in [9.17, 15) is 0 Å². The Hall–Kier alpha value is -3.03. The fourth-order valence-corrected chi connectivity index (χ4v) is 4.41. The molecule has 30 heavy (non-hydrogen) atoms. The number of aromatic nitrogens is 4. The van der Waals surface area contributed by atoms with Gasteiger partial charge in [-0.3, -0.25) is 5.10 Å². The van der Waals surface area contributed by atoms with Crippen LogP contribution in [0.2, 0.25) is 10.0 Å². The van der Waals surface area contributed by atoms with E-state index in [1.54, 1.807) is 12.3 Å². The second-order valence-corrected chi connectivity index (χ2v) is 8.20. The van der Waals surface area contributed by atoms with Gasteiger partial charge in [-0.05, 0) is 35.7 Å². The van der Waals surface area contributed by atoms with Crippen molar-refractivity contribution < 1.29 is 0 Å². The third-order valence-electron chi connectivity index (χ3n) is 5.28. The molecule has 1 aliphatic heterocycles. The first-order valence-electron chi connectivity index (χ1n) is 9.57. The monoisotopic (exact) mass is 439 g/mol. The van der Waals surface area contributed by atoms with Gasteiger partial charge in [-0.1, -0.05) is 47.5 Å². The average molecular weight is 440 g/mol. The van der Waals surface area contributed by atoms with Gasteiger partial charge in [0.15, 0.2) is 5.65 Å². The van der Waals surface area contributed by atoms with E-state index in [1.165, 1.54) is 11.3 Å². The van der Waals surface area contributed by atoms with Crippen LogP contribution < -0.4 is 16.0 Å². The number of nitrogens with one attached hydrogen (secondary N) is 2. The van der Waals surface area contributed by atoms with Gasteiger partial charge in [0.2, 0.25) is 5.95 Å². The van der Waals surface area contributed by atoms with Gasteiger partial charge in [-0.15, -0.1) is 0 Å². The second kappa shape index (κ2) is 7.66. The molecule has 1 unspecified atom stereocenters. The van der Waals surface area contributed by atoms with Crippen molar-refractivity contribution in [1.82, 2.24) is 20.2 Å².